The predicted molar refractivity (Wildman–Crippen MR) is 118 cm³/mol. The number of nitrogens with zero attached hydrogens (tertiary/aromatic N) is 6. The third-order valence-corrected chi connectivity index (χ3v) is 5.62. The Kier molecular flexibility index (Phi) is 14.6. The van der Waals surface area contributed by atoms with Crippen LogP contribution in [0, 0.1) is 5.92 Å². The molecule has 12 heteroatoms. The SMILES string of the molecule is CN1CCCN(CC(=O)NCC2CCN(CCn3cnnc3)CC2)CC1.O=CO.O=CO. The molecule has 182 valence electrons. The maximum Gasteiger partial charge on any atom is 0.290 e. The van der Waals surface area contributed by atoms with E-state index in [9.17, 15) is 4.79 Å². The number of aromatic nitrogens is 3. The number of carbonyl (C=O) groups is 3. The molecule has 3 heterocycles. The molecule has 0 aliphatic carbocycles. The molecule has 0 bridgehead atoms. The van der Waals surface area contributed by atoms with Gasteiger partial charge in [0, 0.05) is 32.7 Å². The molecule has 2 saturated heterocycles. The van der Waals surface area contributed by atoms with E-state index in [0.29, 0.717) is 12.5 Å². The first-order chi connectivity index (χ1) is 15.5. The van der Waals surface area contributed by atoms with Gasteiger partial charge >= 0.3 is 0 Å². The topological polar surface area (TPSA) is 144 Å². The van der Waals surface area contributed by atoms with E-state index in [-0.39, 0.29) is 18.9 Å². The molecular weight excluding hydrogens is 418 g/mol. The highest BCUT2D eigenvalue weighted by molar-refractivity contribution is 5.78. The molecule has 12 nitrogen and oxygen atoms in total. The van der Waals surface area contributed by atoms with Crippen molar-refractivity contribution in [3.05, 3.63) is 12.7 Å². The monoisotopic (exact) mass is 455 g/mol. The van der Waals surface area contributed by atoms with Crippen LogP contribution in [-0.2, 0) is 20.9 Å². The number of rotatable bonds is 7. The Labute approximate surface area is 189 Å². The number of carbonyl (C=O) groups excluding carboxylic acids is 1. The van der Waals surface area contributed by atoms with Crippen LogP contribution in [0.2, 0.25) is 0 Å². The number of hydrogen-bond acceptors (Lipinski definition) is 8. The van der Waals surface area contributed by atoms with E-state index in [1.807, 2.05) is 4.57 Å². The van der Waals surface area contributed by atoms with Gasteiger partial charge < -0.3 is 29.9 Å². The molecule has 2 aliphatic rings. The van der Waals surface area contributed by atoms with Crippen LogP contribution in [0.1, 0.15) is 19.3 Å². The fraction of sp³-hybridized carbons (Fsp3) is 0.750. The van der Waals surface area contributed by atoms with Gasteiger partial charge in [-0.2, -0.15) is 0 Å². The van der Waals surface area contributed by atoms with E-state index in [2.05, 4.69) is 37.3 Å². The lowest BCUT2D eigenvalue weighted by Gasteiger charge is -2.32. The minimum atomic E-state index is -0.250. The van der Waals surface area contributed by atoms with Crippen molar-refractivity contribution in [2.75, 3.05) is 66.0 Å². The van der Waals surface area contributed by atoms with E-state index in [4.69, 9.17) is 19.8 Å². The molecule has 3 rings (SSSR count). The van der Waals surface area contributed by atoms with Crippen molar-refractivity contribution in [3.63, 3.8) is 0 Å². The lowest BCUT2D eigenvalue weighted by molar-refractivity contribution is -0.123. The first kappa shape index (κ1) is 27.5. The van der Waals surface area contributed by atoms with Gasteiger partial charge in [-0.15, -0.1) is 10.2 Å². The van der Waals surface area contributed by atoms with Gasteiger partial charge in [-0.3, -0.25) is 19.3 Å². The van der Waals surface area contributed by atoms with E-state index in [1.165, 1.54) is 0 Å². The number of nitrogens with one attached hydrogen (secondary N) is 1. The van der Waals surface area contributed by atoms with Crippen LogP contribution >= 0.6 is 0 Å². The highest BCUT2D eigenvalue weighted by Gasteiger charge is 2.20. The highest BCUT2D eigenvalue weighted by atomic mass is 16.3. The Morgan fingerprint density at radius 3 is 2.22 bits per heavy atom. The standard InChI is InChI=1S/C18H33N7O.2CH2O2/c1-22-5-2-6-24(10-9-22)14-18(26)19-13-17-3-7-23(8-4-17)11-12-25-15-20-21-16-25;2*2-1-3/h15-17H,2-14H2,1H3,(H,19,26);2*1H,(H,2,3). The average molecular weight is 456 g/mol. The molecule has 2 aliphatic heterocycles. The van der Waals surface area contributed by atoms with Crippen LogP contribution in [0.25, 0.3) is 0 Å². The normalized spacial score (nSPS) is 18.3. The first-order valence-corrected chi connectivity index (χ1v) is 10.9. The number of likely N-dealkylation sites (N-methyl/N-ethyl adjacent to an activating group) is 1. The van der Waals surface area contributed by atoms with E-state index < -0.39 is 0 Å². The van der Waals surface area contributed by atoms with Gasteiger partial charge in [0.2, 0.25) is 5.91 Å². The first-order valence-electron chi connectivity index (χ1n) is 10.9. The number of hydrogen-bond donors (Lipinski definition) is 3. The summed E-state index contributed by atoms with van der Waals surface area (Å²) in [6.45, 7) is 9.30. The second-order valence-electron chi connectivity index (χ2n) is 7.93. The van der Waals surface area contributed by atoms with Crippen molar-refractivity contribution in [2.45, 2.75) is 25.8 Å². The smallest absolute Gasteiger partial charge is 0.290 e. The summed E-state index contributed by atoms with van der Waals surface area (Å²) in [6, 6.07) is 0. The molecule has 0 radical (unpaired) electrons. The van der Waals surface area contributed by atoms with Crippen molar-refractivity contribution in [1.29, 1.82) is 0 Å². The summed E-state index contributed by atoms with van der Waals surface area (Å²) in [4.78, 5) is 36.1. The molecule has 0 saturated carbocycles. The highest BCUT2D eigenvalue weighted by Crippen LogP contribution is 2.16. The minimum absolute atomic E-state index is 0.185. The van der Waals surface area contributed by atoms with E-state index in [1.54, 1.807) is 12.7 Å². The summed E-state index contributed by atoms with van der Waals surface area (Å²) in [5.74, 6) is 0.796. The van der Waals surface area contributed by atoms with Crippen LogP contribution in [-0.4, -0.2) is 124 Å². The van der Waals surface area contributed by atoms with Gasteiger partial charge in [0.1, 0.15) is 12.7 Å². The Bertz CT molecular complexity index is 618. The molecule has 2 fully saturated rings. The summed E-state index contributed by atoms with van der Waals surface area (Å²) in [6.07, 6.45) is 7.01. The Morgan fingerprint density at radius 2 is 1.59 bits per heavy atom. The summed E-state index contributed by atoms with van der Waals surface area (Å²) < 4.78 is 2.02. The summed E-state index contributed by atoms with van der Waals surface area (Å²) in [5.41, 5.74) is 0. The van der Waals surface area contributed by atoms with Crippen LogP contribution in [0.3, 0.4) is 0 Å². The summed E-state index contributed by atoms with van der Waals surface area (Å²) >= 11 is 0. The molecule has 1 amide bonds. The number of amides is 1. The zero-order valence-electron chi connectivity index (χ0n) is 18.9. The van der Waals surface area contributed by atoms with Crippen molar-refractivity contribution in [2.24, 2.45) is 5.92 Å². The Balaban J connectivity index is 0.000000769. The molecule has 1 aromatic rings. The third-order valence-electron chi connectivity index (χ3n) is 5.62. The molecule has 0 atom stereocenters. The number of piperidine rings is 1. The molecule has 0 spiro atoms. The largest absolute Gasteiger partial charge is 0.483 e. The number of likely N-dealkylation sites (tertiary alicyclic amines) is 1. The summed E-state index contributed by atoms with van der Waals surface area (Å²) in [7, 11) is 2.16. The zero-order chi connectivity index (χ0) is 23.6. The Hall–Kier alpha value is -2.57. The van der Waals surface area contributed by atoms with Gasteiger partial charge in [0.25, 0.3) is 12.9 Å². The fourth-order valence-electron chi connectivity index (χ4n) is 3.78. The molecule has 0 aromatic carbocycles. The maximum absolute atomic E-state index is 12.3. The van der Waals surface area contributed by atoms with E-state index in [0.717, 1.165) is 78.2 Å². The molecule has 32 heavy (non-hydrogen) atoms. The lowest BCUT2D eigenvalue weighted by atomic mass is 9.97. The van der Waals surface area contributed by atoms with Crippen molar-refractivity contribution in [3.8, 4) is 0 Å². The van der Waals surface area contributed by atoms with Crippen LogP contribution in [0.5, 0.6) is 0 Å². The van der Waals surface area contributed by atoms with Crippen LogP contribution in [0.15, 0.2) is 12.7 Å². The summed E-state index contributed by atoms with van der Waals surface area (Å²) in [5, 5.41) is 24.6. The molecular formula is C20H37N7O5. The third kappa shape index (κ3) is 12.3. The molecule has 3 N–H and O–H groups in total. The second kappa shape index (κ2) is 17.0. The van der Waals surface area contributed by atoms with Crippen LogP contribution < -0.4 is 5.32 Å². The maximum atomic E-state index is 12.3. The quantitative estimate of drug-likeness (QED) is 0.444. The number of carboxylic acid groups (broad SMARTS) is 2. The van der Waals surface area contributed by atoms with Gasteiger partial charge in [-0.1, -0.05) is 0 Å². The molecule has 0 unspecified atom stereocenters. The van der Waals surface area contributed by atoms with Crippen molar-refractivity contribution in [1.82, 2.24) is 34.8 Å². The van der Waals surface area contributed by atoms with Gasteiger partial charge in [0.05, 0.1) is 6.54 Å². The lowest BCUT2D eigenvalue weighted by Crippen LogP contribution is -2.43. The van der Waals surface area contributed by atoms with Gasteiger partial charge in [0.15, 0.2) is 0 Å². The van der Waals surface area contributed by atoms with Crippen molar-refractivity contribution >= 4 is 18.9 Å². The van der Waals surface area contributed by atoms with Gasteiger partial charge in [-0.25, -0.2) is 0 Å². The Morgan fingerprint density at radius 1 is 0.969 bits per heavy atom. The average Bonchev–Trinajstić information content (AvgIpc) is 3.22. The van der Waals surface area contributed by atoms with E-state index >= 15 is 0 Å². The van der Waals surface area contributed by atoms with Crippen molar-refractivity contribution < 1.29 is 24.6 Å². The van der Waals surface area contributed by atoms with Gasteiger partial charge in [-0.05, 0) is 58.4 Å². The zero-order valence-corrected chi connectivity index (χ0v) is 18.9. The predicted octanol–water partition coefficient (Wildman–Crippen LogP) is -0.855. The molecule has 1 aromatic heterocycles. The van der Waals surface area contributed by atoms with Crippen LogP contribution in [0.4, 0.5) is 0 Å². The minimum Gasteiger partial charge on any atom is -0.483 e. The fourth-order valence-corrected chi connectivity index (χ4v) is 3.78. The second-order valence-corrected chi connectivity index (χ2v) is 7.93.